The van der Waals surface area contributed by atoms with Gasteiger partial charge in [0.05, 0.1) is 36.4 Å². The van der Waals surface area contributed by atoms with E-state index in [2.05, 4.69) is 26.8 Å². The minimum atomic E-state index is -1.52. The Balaban J connectivity index is 1.68. The molecule has 0 unspecified atom stereocenters. The number of hydrogen-bond acceptors (Lipinski definition) is 8. The van der Waals surface area contributed by atoms with Crippen molar-refractivity contribution in [2.75, 3.05) is 7.11 Å². The van der Waals surface area contributed by atoms with Crippen LogP contribution < -0.4 is 0 Å². The van der Waals surface area contributed by atoms with Crippen molar-refractivity contribution in [3.8, 4) is 0 Å². The van der Waals surface area contributed by atoms with Crippen molar-refractivity contribution in [2.24, 2.45) is 40.9 Å². The van der Waals surface area contributed by atoms with Crippen molar-refractivity contribution in [3.05, 3.63) is 22.8 Å². The summed E-state index contributed by atoms with van der Waals surface area (Å²) >= 11 is 0. The molecule has 3 fully saturated rings. The van der Waals surface area contributed by atoms with E-state index in [-0.39, 0.29) is 72.2 Å². The molecule has 2 heterocycles. The van der Waals surface area contributed by atoms with E-state index >= 15 is 0 Å². The Hall–Kier alpha value is -2.16. The zero-order valence-electron chi connectivity index (χ0n) is 31.6. The molecule has 1 N–H and O–H groups in total. The SMILES string of the molecule is COC(=O)[C@]12CC(=O)[C@H](C(C)C)CC(=O)[C@H](C)CCC[C@H](C)CC(=O)[C@H]1CC(C)=C1C[C@H](O)[C@]3(C)O[C@@H]3CC[C@@]3(C)O[C@@H]3CC/C(C)=C\[C@@H]12. The van der Waals surface area contributed by atoms with Gasteiger partial charge in [0.2, 0.25) is 0 Å². The maximum atomic E-state index is 14.7. The van der Waals surface area contributed by atoms with Crippen LogP contribution in [-0.4, -0.2) is 65.0 Å². The summed E-state index contributed by atoms with van der Waals surface area (Å²) in [5.41, 5.74) is 0.440. The highest BCUT2D eigenvalue weighted by Gasteiger charge is 2.62. The number of carbonyl (C=O) groups excluding carboxylic acids is 4. The number of esters is 1. The quantitative estimate of drug-likeness (QED) is 0.183. The maximum Gasteiger partial charge on any atom is 0.313 e. The van der Waals surface area contributed by atoms with Crippen molar-refractivity contribution in [1.29, 1.82) is 0 Å². The number of fused-ring (bicyclic) bond motifs is 5. The Morgan fingerprint density at radius 3 is 2.31 bits per heavy atom. The molecule has 8 nitrogen and oxygen atoms in total. The van der Waals surface area contributed by atoms with Crippen molar-refractivity contribution < 1.29 is 38.5 Å². The molecule has 0 aromatic heterocycles. The van der Waals surface area contributed by atoms with Gasteiger partial charge >= 0.3 is 5.97 Å². The second kappa shape index (κ2) is 14.5. The summed E-state index contributed by atoms with van der Waals surface area (Å²) in [6, 6.07) is 0. The Morgan fingerprint density at radius 1 is 0.918 bits per heavy atom. The molecule has 0 aromatic rings. The predicted molar refractivity (Wildman–Crippen MR) is 188 cm³/mol. The summed E-state index contributed by atoms with van der Waals surface area (Å²) in [5, 5.41) is 11.8. The zero-order valence-corrected chi connectivity index (χ0v) is 31.6. The third-order valence-electron chi connectivity index (χ3n) is 13.3. The van der Waals surface area contributed by atoms with Crippen molar-refractivity contribution >= 4 is 23.3 Å². The molecule has 274 valence electrons. The van der Waals surface area contributed by atoms with Crippen molar-refractivity contribution in [2.45, 2.75) is 162 Å². The second-order valence-corrected chi connectivity index (χ2v) is 17.4. The molecule has 2 aliphatic heterocycles. The Morgan fingerprint density at radius 2 is 1.63 bits per heavy atom. The van der Waals surface area contributed by atoms with Crippen LogP contribution in [0.2, 0.25) is 0 Å². The smallest absolute Gasteiger partial charge is 0.313 e. The number of hydrogen-bond donors (Lipinski definition) is 1. The first-order chi connectivity index (χ1) is 23.0. The van der Waals surface area contributed by atoms with E-state index in [0.717, 1.165) is 61.7 Å². The van der Waals surface area contributed by atoms with Crippen molar-refractivity contribution in [3.63, 3.8) is 0 Å². The third-order valence-corrected chi connectivity index (χ3v) is 13.3. The Bertz CT molecular complexity index is 1380. The highest BCUT2D eigenvalue weighted by molar-refractivity contribution is 5.97. The molecule has 8 heteroatoms. The molecule has 0 radical (unpaired) electrons. The van der Waals surface area contributed by atoms with Crippen LogP contribution in [0.25, 0.3) is 0 Å². The molecule has 3 aliphatic carbocycles. The Kier molecular flexibility index (Phi) is 11.2. The monoisotopic (exact) mass is 682 g/mol. The summed E-state index contributed by atoms with van der Waals surface area (Å²) in [4.78, 5) is 57.4. The van der Waals surface area contributed by atoms with Gasteiger partial charge in [-0.3, -0.25) is 19.2 Å². The van der Waals surface area contributed by atoms with Gasteiger partial charge in [-0.25, -0.2) is 0 Å². The molecule has 11 atom stereocenters. The van der Waals surface area contributed by atoms with Gasteiger partial charge in [-0.05, 0) is 84.5 Å². The first kappa shape index (κ1) is 38.1. The lowest BCUT2D eigenvalue weighted by Crippen LogP contribution is -2.54. The van der Waals surface area contributed by atoms with Crippen LogP contribution in [0, 0.1) is 40.9 Å². The van der Waals surface area contributed by atoms with Gasteiger partial charge in [-0.15, -0.1) is 0 Å². The topological polar surface area (TPSA) is 123 Å². The molecule has 5 rings (SSSR count). The molecule has 0 aromatic carbocycles. The van der Waals surface area contributed by atoms with E-state index in [1.807, 2.05) is 34.6 Å². The highest BCUT2D eigenvalue weighted by atomic mass is 16.6. The first-order valence-corrected chi connectivity index (χ1v) is 19.0. The first-order valence-electron chi connectivity index (χ1n) is 19.0. The van der Waals surface area contributed by atoms with E-state index in [0.29, 0.717) is 12.8 Å². The van der Waals surface area contributed by atoms with E-state index in [1.165, 1.54) is 7.11 Å². The molecule has 49 heavy (non-hydrogen) atoms. The van der Waals surface area contributed by atoms with Crippen LogP contribution in [-0.2, 0) is 33.4 Å². The lowest BCUT2D eigenvalue weighted by molar-refractivity contribution is -0.166. The van der Waals surface area contributed by atoms with Crippen LogP contribution in [0.4, 0.5) is 0 Å². The van der Waals surface area contributed by atoms with Crippen LogP contribution in [0.5, 0.6) is 0 Å². The number of rotatable bonds is 2. The average Bonchev–Trinajstić information content (AvgIpc) is 3.92. The fraction of sp³-hybridized carbons (Fsp3) is 0.805. The van der Waals surface area contributed by atoms with Gasteiger partial charge in [-0.2, -0.15) is 0 Å². The van der Waals surface area contributed by atoms with Gasteiger partial charge in [0.1, 0.15) is 23.0 Å². The number of carbonyl (C=O) groups is 4. The normalized spacial score (nSPS) is 43.9. The Labute approximate surface area is 294 Å². The summed E-state index contributed by atoms with van der Waals surface area (Å²) in [7, 11) is 1.34. The van der Waals surface area contributed by atoms with Gasteiger partial charge in [0, 0.05) is 42.9 Å². The van der Waals surface area contributed by atoms with Crippen LogP contribution in [0.3, 0.4) is 0 Å². The zero-order chi connectivity index (χ0) is 36.1. The molecule has 0 bridgehead atoms. The number of Topliss-reactive ketones (excluding diaryl/α,β-unsaturated/α-hetero) is 3. The van der Waals surface area contributed by atoms with E-state index < -0.39 is 40.8 Å². The molecular weight excluding hydrogens is 620 g/mol. The molecule has 0 amide bonds. The number of aliphatic hydroxyl groups is 1. The van der Waals surface area contributed by atoms with E-state index in [4.69, 9.17) is 14.2 Å². The average molecular weight is 683 g/mol. The minimum absolute atomic E-state index is 0.0166. The lowest BCUT2D eigenvalue weighted by atomic mass is 9.53. The number of ether oxygens (including phenoxy) is 3. The minimum Gasteiger partial charge on any atom is -0.469 e. The van der Waals surface area contributed by atoms with Gasteiger partial charge in [0.25, 0.3) is 0 Å². The van der Waals surface area contributed by atoms with E-state index in [9.17, 15) is 24.3 Å². The number of aliphatic hydroxyl groups excluding tert-OH is 1. The van der Waals surface area contributed by atoms with Gasteiger partial charge in [-0.1, -0.05) is 63.3 Å². The number of methoxy groups -OCH3 is 1. The maximum absolute atomic E-state index is 14.7. The van der Waals surface area contributed by atoms with Gasteiger partial charge < -0.3 is 19.3 Å². The summed E-state index contributed by atoms with van der Waals surface area (Å²) in [5.74, 6) is -2.92. The summed E-state index contributed by atoms with van der Waals surface area (Å²) in [6.07, 6.45) is 7.67. The van der Waals surface area contributed by atoms with Gasteiger partial charge in [0.15, 0.2) is 0 Å². The summed E-state index contributed by atoms with van der Waals surface area (Å²) < 4.78 is 18.0. The van der Waals surface area contributed by atoms with Crippen molar-refractivity contribution in [1.82, 2.24) is 0 Å². The summed E-state index contributed by atoms with van der Waals surface area (Å²) in [6.45, 7) is 16.1. The molecule has 0 spiro atoms. The highest BCUT2D eigenvalue weighted by Crippen LogP contribution is 2.57. The molecule has 2 saturated heterocycles. The van der Waals surface area contributed by atoms with E-state index in [1.54, 1.807) is 0 Å². The number of allylic oxidation sites excluding steroid dienone is 3. The van der Waals surface area contributed by atoms with Crippen LogP contribution in [0.1, 0.15) is 132 Å². The predicted octanol–water partition coefficient (Wildman–Crippen LogP) is 7.29. The van der Waals surface area contributed by atoms with Crippen LogP contribution >= 0.6 is 0 Å². The number of epoxide rings is 2. The number of ketones is 3. The fourth-order valence-electron chi connectivity index (χ4n) is 9.55. The standard InChI is InChI=1S/C41H62O8/c1-23(2)28-20-32(42)26(5)12-10-11-24(3)18-33(43)31-19-27(6)29-21-35(45)40(8)37(49-40)15-16-39(7)36(48-39)14-13-25(4)17-30(29)41(31,22-34(28)44)38(46)47-9/h17,23-24,26,28,30-31,35-37,45H,10-16,18-22H2,1-9H3/b25-17-/t24-,26+,28-,30-,31+,35-,36+,37+,39+,40-,41-/m0/s1. The molecular formula is C41H62O8. The lowest BCUT2D eigenvalue weighted by Gasteiger charge is -2.48. The molecule has 5 aliphatic rings. The fourth-order valence-corrected chi connectivity index (χ4v) is 9.55. The molecule has 1 saturated carbocycles. The largest absolute Gasteiger partial charge is 0.469 e. The second-order valence-electron chi connectivity index (χ2n) is 17.4. The van der Waals surface area contributed by atoms with Crippen LogP contribution in [0.15, 0.2) is 22.8 Å². The third kappa shape index (κ3) is 7.58.